The van der Waals surface area contributed by atoms with Crippen LogP contribution in [0, 0.1) is 6.92 Å². The normalized spacial score (nSPS) is 10.4. The Labute approximate surface area is 85.3 Å². The molecule has 1 aromatic carbocycles. The van der Waals surface area contributed by atoms with E-state index in [1.165, 1.54) is 18.2 Å². The van der Waals surface area contributed by atoms with Crippen molar-refractivity contribution in [3.05, 3.63) is 29.3 Å². The fraction of sp³-hybridized carbons (Fsp3) is 0.300. The first-order valence-electron chi connectivity index (χ1n) is 4.25. The second-order valence-corrected chi connectivity index (χ2v) is 2.99. The van der Waals surface area contributed by atoms with Crippen molar-refractivity contribution in [2.75, 3.05) is 6.61 Å². The topological polar surface area (TPSA) is 46.5 Å². The Hall–Kier alpha value is -1.65. The zero-order chi connectivity index (χ0) is 11.4. The molecule has 0 radical (unpaired) electrons. The fourth-order valence-electron chi connectivity index (χ4n) is 1.10. The summed E-state index contributed by atoms with van der Waals surface area (Å²) in [4.78, 5) is 10.6. The van der Waals surface area contributed by atoms with Gasteiger partial charge in [-0.25, -0.2) is 13.6 Å². The average Bonchev–Trinajstić information content (AvgIpc) is 2.15. The molecule has 0 saturated heterocycles. The molecule has 0 aromatic heterocycles. The van der Waals surface area contributed by atoms with Crippen molar-refractivity contribution in [3.8, 4) is 5.75 Å². The van der Waals surface area contributed by atoms with Gasteiger partial charge in [-0.1, -0.05) is 0 Å². The highest BCUT2D eigenvalue weighted by Gasteiger charge is 2.08. The molecule has 3 nitrogen and oxygen atoms in total. The number of carbonyl (C=O) groups is 1. The van der Waals surface area contributed by atoms with Crippen molar-refractivity contribution in [2.24, 2.45) is 0 Å². The Balaban J connectivity index is 2.79. The van der Waals surface area contributed by atoms with Gasteiger partial charge in [0.2, 0.25) is 0 Å². The number of hydrogen-bond donors (Lipinski definition) is 1. The molecule has 0 spiro atoms. The largest absolute Gasteiger partial charge is 0.487 e. The Morgan fingerprint density at radius 1 is 1.53 bits per heavy atom. The van der Waals surface area contributed by atoms with Crippen molar-refractivity contribution in [2.45, 2.75) is 13.3 Å². The van der Waals surface area contributed by atoms with Crippen LogP contribution in [0.15, 0.2) is 18.2 Å². The first-order chi connectivity index (χ1) is 7.00. The Bertz CT molecular complexity index is 364. The summed E-state index contributed by atoms with van der Waals surface area (Å²) in [6.45, 7) is 0.917. The van der Waals surface area contributed by atoms with E-state index >= 15 is 0 Å². The number of rotatable bonds is 4. The molecule has 0 amide bonds. The summed E-state index contributed by atoms with van der Waals surface area (Å²) in [5.74, 6) is -0.779. The van der Waals surface area contributed by atoms with Crippen LogP contribution < -0.4 is 4.74 Å². The van der Waals surface area contributed by atoms with E-state index in [0.29, 0.717) is 5.56 Å². The Morgan fingerprint density at radius 2 is 2.20 bits per heavy atom. The van der Waals surface area contributed by atoms with Crippen molar-refractivity contribution in [1.29, 1.82) is 0 Å². The van der Waals surface area contributed by atoms with Crippen molar-refractivity contribution in [1.82, 2.24) is 0 Å². The molecule has 82 valence electrons. The summed E-state index contributed by atoms with van der Waals surface area (Å²) in [6, 6.07) is 4.07. The molecule has 1 rings (SSSR count). The monoisotopic (exact) mass is 216 g/mol. The molecule has 0 aliphatic carbocycles. The van der Waals surface area contributed by atoms with Crippen LogP contribution >= 0.6 is 0 Å². The summed E-state index contributed by atoms with van der Waals surface area (Å²) < 4.78 is 28.5. The molecule has 15 heavy (non-hydrogen) atoms. The second kappa shape index (κ2) is 4.72. The van der Waals surface area contributed by atoms with Gasteiger partial charge >= 0.3 is 5.97 Å². The van der Waals surface area contributed by atoms with Crippen LogP contribution in [-0.4, -0.2) is 24.1 Å². The summed E-state index contributed by atoms with van der Waals surface area (Å²) >= 11 is 0. The SMILES string of the molecule is Cc1cc(C(=O)O)ccc1OCC(F)F. The van der Waals surface area contributed by atoms with Gasteiger partial charge in [-0.15, -0.1) is 0 Å². The lowest BCUT2D eigenvalue weighted by molar-refractivity contribution is 0.0695. The molecule has 5 heteroatoms. The highest BCUT2D eigenvalue weighted by molar-refractivity contribution is 5.88. The number of ether oxygens (including phenoxy) is 1. The van der Waals surface area contributed by atoms with Gasteiger partial charge in [-0.2, -0.15) is 0 Å². The Kier molecular flexibility index (Phi) is 3.60. The van der Waals surface area contributed by atoms with Crippen LogP contribution in [0.1, 0.15) is 15.9 Å². The minimum absolute atomic E-state index is 0.108. The van der Waals surface area contributed by atoms with E-state index in [-0.39, 0.29) is 11.3 Å². The van der Waals surface area contributed by atoms with Gasteiger partial charge < -0.3 is 9.84 Å². The van der Waals surface area contributed by atoms with Gasteiger partial charge in [0.1, 0.15) is 12.4 Å². The molecule has 1 aromatic rings. The third kappa shape index (κ3) is 3.19. The molecule has 0 bridgehead atoms. The summed E-state index contributed by atoms with van der Waals surface area (Å²) in [5, 5.41) is 8.66. The lowest BCUT2D eigenvalue weighted by Crippen LogP contribution is -2.08. The zero-order valence-electron chi connectivity index (χ0n) is 8.04. The number of halogens is 2. The van der Waals surface area contributed by atoms with Gasteiger partial charge in [0.05, 0.1) is 5.56 Å². The van der Waals surface area contributed by atoms with Crippen LogP contribution in [0.5, 0.6) is 5.75 Å². The first kappa shape index (κ1) is 11.4. The van der Waals surface area contributed by atoms with Gasteiger partial charge in [-0.3, -0.25) is 0 Å². The molecule has 0 heterocycles. The smallest absolute Gasteiger partial charge is 0.335 e. The highest BCUT2D eigenvalue weighted by atomic mass is 19.3. The third-order valence-electron chi connectivity index (χ3n) is 1.79. The van der Waals surface area contributed by atoms with Crippen LogP contribution in [0.2, 0.25) is 0 Å². The van der Waals surface area contributed by atoms with Crippen LogP contribution in [0.3, 0.4) is 0 Å². The maximum absolute atomic E-state index is 11.8. The molecule has 0 unspecified atom stereocenters. The van der Waals surface area contributed by atoms with E-state index in [0.717, 1.165) is 0 Å². The first-order valence-corrected chi connectivity index (χ1v) is 4.25. The predicted octanol–water partition coefficient (Wildman–Crippen LogP) is 2.34. The maximum atomic E-state index is 11.8. The van der Waals surface area contributed by atoms with E-state index in [1.807, 2.05) is 0 Å². The number of carboxylic acids is 1. The van der Waals surface area contributed by atoms with Gasteiger partial charge in [0, 0.05) is 0 Å². The minimum Gasteiger partial charge on any atom is -0.487 e. The quantitative estimate of drug-likeness (QED) is 0.840. The molecule has 0 fully saturated rings. The molecule has 0 saturated carbocycles. The van der Waals surface area contributed by atoms with E-state index in [2.05, 4.69) is 0 Å². The summed E-state index contributed by atoms with van der Waals surface area (Å²) in [5.41, 5.74) is 0.632. The number of aryl methyl sites for hydroxylation is 1. The fourth-order valence-corrected chi connectivity index (χ4v) is 1.10. The number of benzene rings is 1. The van der Waals surface area contributed by atoms with Gasteiger partial charge in [-0.05, 0) is 30.7 Å². The zero-order valence-corrected chi connectivity index (χ0v) is 8.04. The highest BCUT2D eigenvalue weighted by Crippen LogP contribution is 2.19. The van der Waals surface area contributed by atoms with E-state index in [1.54, 1.807) is 6.92 Å². The summed E-state index contributed by atoms with van der Waals surface area (Å²) in [7, 11) is 0. The minimum atomic E-state index is -2.54. The van der Waals surface area contributed by atoms with Crippen LogP contribution in [0.25, 0.3) is 0 Å². The molecule has 0 aliphatic rings. The summed E-state index contributed by atoms with van der Waals surface area (Å²) in [6.07, 6.45) is -2.54. The van der Waals surface area contributed by atoms with E-state index < -0.39 is 19.0 Å². The van der Waals surface area contributed by atoms with E-state index in [9.17, 15) is 13.6 Å². The van der Waals surface area contributed by atoms with Crippen LogP contribution in [0.4, 0.5) is 8.78 Å². The second-order valence-electron chi connectivity index (χ2n) is 2.99. The van der Waals surface area contributed by atoms with Crippen LogP contribution in [-0.2, 0) is 0 Å². The van der Waals surface area contributed by atoms with Crippen molar-refractivity contribution < 1.29 is 23.4 Å². The van der Waals surface area contributed by atoms with Gasteiger partial charge in [0.15, 0.2) is 0 Å². The Morgan fingerprint density at radius 3 is 2.67 bits per heavy atom. The predicted molar refractivity (Wildman–Crippen MR) is 49.6 cm³/mol. The average molecular weight is 216 g/mol. The third-order valence-corrected chi connectivity index (χ3v) is 1.79. The van der Waals surface area contributed by atoms with Crippen molar-refractivity contribution in [3.63, 3.8) is 0 Å². The maximum Gasteiger partial charge on any atom is 0.335 e. The van der Waals surface area contributed by atoms with Crippen molar-refractivity contribution >= 4 is 5.97 Å². The lowest BCUT2D eigenvalue weighted by Gasteiger charge is -2.08. The lowest BCUT2D eigenvalue weighted by atomic mass is 10.1. The van der Waals surface area contributed by atoms with Gasteiger partial charge in [0.25, 0.3) is 6.43 Å². The number of carboxylic acid groups (broad SMARTS) is 1. The molecular formula is C10H10F2O3. The molecule has 1 N–H and O–H groups in total. The molecular weight excluding hydrogens is 206 g/mol. The molecule has 0 atom stereocenters. The number of aromatic carboxylic acids is 1. The number of alkyl halides is 2. The standard InChI is InChI=1S/C10H10F2O3/c1-6-4-7(10(13)14)2-3-8(6)15-5-9(11)12/h2-4,9H,5H2,1H3,(H,13,14). The number of hydrogen-bond acceptors (Lipinski definition) is 2. The molecule has 0 aliphatic heterocycles. The van der Waals surface area contributed by atoms with E-state index in [4.69, 9.17) is 9.84 Å².